The number of hydrogen-bond donors (Lipinski definition) is 1. The average molecular weight is 186 g/mol. The summed E-state index contributed by atoms with van der Waals surface area (Å²) >= 11 is 0. The number of hydrogen-bond acceptors (Lipinski definition) is 2. The Morgan fingerprint density at radius 2 is 2.36 bits per heavy atom. The zero-order valence-corrected chi connectivity index (χ0v) is 8.38. The van der Waals surface area contributed by atoms with Gasteiger partial charge in [0.25, 0.3) is 0 Å². The van der Waals surface area contributed by atoms with Crippen molar-refractivity contribution in [3.63, 3.8) is 0 Å². The van der Waals surface area contributed by atoms with E-state index in [1.807, 2.05) is 12.1 Å². The summed E-state index contributed by atoms with van der Waals surface area (Å²) in [5, 5.41) is 12.2. The van der Waals surface area contributed by atoms with Gasteiger partial charge in [0.1, 0.15) is 0 Å². The zero-order valence-electron chi connectivity index (χ0n) is 8.38. The Balaban J connectivity index is 2.35. The van der Waals surface area contributed by atoms with Crippen LogP contribution in [0.4, 0.5) is 0 Å². The summed E-state index contributed by atoms with van der Waals surface area (Å²) in [5.74, 6) is 0. The minimum absolute atomic E-state index is 0.526. The third-order valence-electron chi connectivity index (χ3n) is 2.85. The molecule has 2 heteroatoms. The minimum Gasteiger partial charge on any atom is -0.310 e. The van der Waals surface area contributed by atoms with E-state index in [4.69, 9.17) is 5.26 Å². The predicted octanol–water partition coefficient (Wildman–Crippen LogP) is 2.16. The van der Waals surface area contributed by atoms with E-state index in [0.29, 0.717) is 6.04 Å². The first-order chi connectivity index (χ1) is 6.85. The van der Waals surface area contributed by atoms with E-state index in [1.54, 1.807) is 0 Å². The topological polar surface area (TPSA) is 35.8 Å². The number of nitrogens with one attached hydrogen (secondary N) is 1. The number of rotatable bonds is 2. The van der Waals surface area contributed by atoms with Crippen LogP contribution in [0.5, 0.6) is 0 Å². The molecule has 0 radical (unpaired) electrons. The number of nitriles is 1. The number of nitrogens with zero attached hydrogens (tertiary/aromatic N) is 1. The molecular weight excluding hydrogens is 172 g/mol. The molecule has 1 fully saturated rings. The lowest BCUT2D eigenvalue weighted by atomic mass is 9.91. The van der Waals surface area contributed by atoms with Crippen molar-refractivity contribution in [2.24, 2.45) is 0 Å². The van der Waals surface area contributed by atoms with E-state index in [2.05, 4.69) is 24.4 Å². The lowest BCUT2D eigenvalue weighted by molar-refractivity contribution is 0.381. The summed E-state index contributed by atoms with van der Waals surface area (Å²) in [6, 6.07) is 8.72. The van der Waals surface area contributed by atoms with Gasteiger partial charge in [-0.15, -0.1) is 0 Å². The van der Waals surface area contributed by atoms with Crippen LogP contribution < -0.4 is 5.32 Å². The molecule has 1 N–H and O–H groups in total. The second-order valence-electron chi connectivity index (χ2n) is 3.67. The molecule has 14 heavy (non-hydrogen) atoms. The maximum absolute atomic E-state index is 8.79. The first kappa shape index (κ1) is 9.23. The molecule has 0 bridgehead atoms. The molecule has 2 nitrogen and oxygen atoms in total. The lowest BCUT2D eigenvalue weighted by Gasteiger charge is -2.29. The van der Waals surface area contributed by atoms with Crippen molar-refractivity contribution in [1.29, 1.82) is 5.26 Å². The third-order valence-corrected chi connectivity index (χ3v) is 2.85. The van der Waals surface area contributed by atoms with Crippen LogP contribution in [-0.2, 0) is 6.42 Å². The Morgan fingerprint density at radius 3 is 2.86 bits per heavy atom. The summed E-state index contributed by atoms with van der Waals surface area (Å²) in [5.41, 5.74) is 3.45. The summed E-state index contributed by atoms with van der Waals surface area (Å²) in [7, 11) is 0. The molecule has 1 saturated heterocycles. The van der Waals surface area contributed by atoms with Gasteiger partial charge in [0, 0.05) is 6.04 Å². The van der Waals surface area contributed by atoms with E-state index in [-0.39, 0.29) is 0 Å². The first-order valence-corrected chi connectivity index (χ1v) is 5.11. The molecule has 1 aromatic rings. The molecule has 2 rings (SSSR count). The summed E-state index contributed by atoms with van der Waals surface area (Å²) in [6.07, 6.45) is 2.22. The van der Waals surface area contributed by atoms with Crippen molar-refractivity contribution in [2.45, 2.75) is 25.8 Å². The van der Waals surface area contributed by atoms with Crippen molar-refractivity contribution in [1.82, 2.24) is 5.32 Å². The highest BCUT2D eigenvalue weighted by Crippen LogP contribution is 2.26. The molecule has 1 heterocycles. The highest BCUT2D eigenvalue weighted by molar-refractivity contribution is 5.40. The van der Waals surface area contributed by atoms with Gasteiger partial charge in [0.15, 0.2) is 0 Å². The van der Waals surface area contributed by atoms with Crippen LogP contribution in [0.3, 0.4) is 0 Å². The molecule has 72 valence electrons. The van der Waals surface area contributed by atoms with Gasteiger partial charge in [-0.3, -0.25) is 0 Å². The van der Waals surface area contributed by atoms with Gasteiger partial charge in [-0.05, 0) is 42.6 Å². The highest BCUT2D eigenvalue weighted by Gasteiger charge is 2.20. The predicted molar refractivity (Wildman–Crippen MR) is 55.9 cm³/mol. The number of aryl methyl sites for hydroxylation is 1. The molecule has 0 saturated carbocycles. The fourth-order valence-corrected chi connectivity index (χ4v) is 1.88. The molecule has 0 aliphatic carbocycles. The summed E-state index contributed by atoms with van der Waals surface area (Å²) < 4.78 is 0. The fourth-order valence-electron chi connectivity index (χ4n) is 1.88. The van der Waals surface area contributed by atoms with Gasteiger partial charge >= 0.3 is 0 Å². The SMILES string of the molecule is CCc1cc(C#N)ccc1[C@@H]1CCN1. The van der Waals surface area contributed by atoms with Gasteiger partial charge in [-0.25, -0.2) is 0 Å². The standard InChI is InChI=1S/C12H14N2/c1-2-10-7-9(8-13)3-4-11(10)12-5-6-14-12/h3-4,7,12,14H,2,5-6H2,1H3/t12-/m0/s1. The Bertz CT molecular complexity index is 372. The van der Waals surface area contributed by atoms with E-state index < -0.39 is 0 Å². The van der Waals surface area contributed by atoms with E-state index >= 15 is 0 Å². The second-order valence-corrected chi connectivity index (χ2v) is 3.67. The van der Waals surface area contributed by atoms with E-state index in [9.17, 15) is 0 Å². The molecule has 0 unspecified atom stereocenters. The van der Waals surface area contributed by atoms with Crippen molar-refractivity contribution in [3.8, 4) is 6.07 Å². The van der Waals surface area contributed by atoms with Crippen LogP contribution in [0.25, 0.3) is 0 Å². The number of benzene rings is 1. The Kier molecular flexibility index (Phi) is 2.51. The quantitative estimate of drug-likeness (QED) is 0.768. The molecule has 0 spiro atoms. The summed E-state index contributed by atoms with van der Waals surface area (Å²) in [4.78, 5) is 0. The molecule has 1 aliphatic heterocycles. The van der Waals surface area contributed by atoms with Crippen LogP contribution in [0.2, 0.25) is 0 Å². The molecule has 0 aromatic heterocycles. The first-order valence-electron chi connectivity index (χ1n) is 5.11. The summed E-state index contributed by atoms with van der Waals surface area (Å²) in [6.45, 7) is 3.26. The lowest BCUT2D eigenvalue weighted by Crippen LogP contribution is -2.35. The third kappa shape index (κ3) is 1.51. The fraction of sp³-hybridized carbons (Fsp3) is 0.417. The Hall–Kier alpha value is -1.33. The highest BCUT2D eigenvalue weighted by atomic mass is 15.0. The Morgan fingerprint density at radius 1 is 1.57 bits per heavy atom. The van der Waals surface area contributed by atoms with Crippen molar-refractivity contribution < 1.29 is 0 Å². The van der Waals surface area contributed by atoms with Crippen LogP contribution >= 0.6 is 0 Å². The van der Waals surface area contributed by atoms with Crippen molar-refractivity contribution >= 4 is 0 Å². The van der Waals surface area contributed by atoms with Crippen LogP contribution in [0.15, 0.2) is 18.2 Å². The van der Waals surface area contributed by atoms with Gasteiger partial charge in [0.05, 0.1) is 11.6 Å². The maximum Gasteiger partial charge on any atom is 0.0991 e. The average Bonchev–Trinajstić information content (AvgIpc) is 2.16. The molecule has 1 aliphatic rings. The van der Waals surface area contributed by atoms with E-state index in [1.165, 1.54) is 17.5 Å². The van der Waals surface area contributed by atoms with Crippen LogP contribution in [-0.4, -0.2) is 6.54 Å². The minimum atomic E-state index is 0.526. The zero-order chi connectivity index (χ0) is 9.97. The molecule has 1 atom stereocenters. The molecule has 0 amide bonds. The van der Waals surface area contributed by atoms with Crippen LogP contribution in [0, 0.1) is 11.3 Å². The second kappa shape index (κ2) is 3.81. The monoisotopic (exact) mass is 186 g/mol. The van der Waals surface area contributed by atoms with Crippen molar-refractivity contribution in [2.75, 3.05) is 6.54 Å². The normalized spacial score (nSPS) is 19.9. The van der Waals surface area contributed by atoms with Gasteiger partial charge < -0.3 is 5.32 Å². The molecular formula is C12H14N2. The van der Waals surface area contributed by atoms with Gasteiger partial charge in [-0.2, -0.15) is 5.26 Å². The van der Waals surface area contributed by atoms with Crippen LogP contribution in [0.1, 0.15) is 36.1 Å². The Labute approximate surface area is 84.6 Å². The largest absolute Gasteiger partial charge is 0.310 e. The maximum atomic E-state index is 8.79. The van der Waals surface area contributed by atoms with E-state index in [0.717, 1.165) is 18.5 Å². The van der Waals surface area contributed by atoms with Gasteiger partial charge in [0.2, 0.25) is 0 Å². The van der Waals surface area contributed by atoms with Gasteiger partial charge in [-0.1, -0.05) is 13.0 Å². The van der Waals surface area contributed by atoms with Crippen molar-refractivity contribution in [3.05, 3.63) is 34.9 Å². The smallest absolute Gasteiger partial charge is 0.0991 e. The molecule has 1 aromatic carbocycles.